The van der Waals surface area contributed by atoms with E-state index >= 15 is 0 Å². The molecule has 0 fully saturated rings. The second kappa shape index (κ2) is 1.99. The van der Waals surface area contributed by atoms with E-state index in [1.165, 1.54) is 6.92 Å². The Morgan fingerprint density at radius 2 is 2.25 bits per heavy atom. The van der Waals surface area contributed by atoms with Gasteiger partial charge < -0.3 is 0 Å². The first kappa shape index (κ1) is 1.60. The maximum absolute atomic E-state index is 7.54. The Kier molecular flexibility index (Phi) is 0.398. The molecule has 0 spiro atoms. The first-order valence-electron chi connectivity index (χ1n) is 5.44. The molecule has 0 atom stereocenters. The highest BCUT2D eigenvalue weighted by molar-refractivity contribution is 5.20. The van der Waals surface area contributed by atoms with Crippen LogP contribution in [0.3, 0.4) is 0 Å². The molecule has 1 aromatic rings. The minimum atomic E-state index is -1.45. The molecule has 0 heteroatoms. The van der Waals surface area contributed by atoms with Crippen molar-refractivity contribution in [1.29, 1.82) is 0 Å². The Bertz CT molecular complexity index is 342. The van der Waals surface area contributed by atoms with Gasteiger partial charge in [0, 0.05) is 2.74 Å². The highest BCUT2D eigenvalue weighted by Crippen LogP contribution is 2.00. The van der Waals surface area contributed by atoms with Crippen molar-refractivity contribution < 1.29 is 8.22 Å². The fourth-order valence-corrected chi connectivity index (χ4v) is 0.457. The summed E-state index contributed by atoms with van der Waals surface area (Å²) in [4.78, 5) is 0. The van der Waals surface area contributed by atoms with E-state index in [-0.39, 0.29) is 35.3 Å². The third-order valence-corrected chi connectivity index (χ3v) is 0.769. The van der Waals surface area contributed by atoms with Gasteiger partial charge in [0.15, 0.2) is 0 Å². The maximum atomic E-state index is 7.54. The SMILES string of the molecule is [2H]c1c([2H])c(C)c([2H])c(C([2H])[2H])c1[2H]. The van der Waals surface area contributed by atoms with Gasteiger partial charge in [-0.25, -0.2) is 0 Å². The van der Waals surface area contributed by atoms with E-state index in [4.69, 9.17) is 8.22 Å². The molecule has 0 aromatic heterocycles. The van der Waals surface area contributed by atoms with Crippen LogP contribution in [0.5, 0.6) is 0 Å². The van der Waals surface area contributed by atoms with Crippen LogP contribution in [0.15, 0.2) is 24.2 Å². The molecule has 0 aliphatic rings. The monoisotopic (exact) mass is 112 g/mol. The molecule has 0 saturated carbocycles. The molecule has 0 unspecified atom stereocenters. The van der Waals surface area contributed by atoms with Crippen molar-refractivity contribution in [3.63, 3.8) is 0 Å². The zero-order valence-corrected chi connectivity index (χ0v) is 4.58. The van der Waals surface area contributed by atoms with E-state index < -0.39 is 6.88 Å². The molecule has 0 bridgehead atoms. The van der Waals surface area contributed by atoms with Crippen LogP contribution in [-0.2, 0) is 0 Å². The van der Waals surface area contributed by atoms with Gasteiger partial charge in [0.2, 0.25) is 0 Å². The van der Waals surface area contributed by atoms with Crippen molar-refractivity contribution >= 4 is 0 Å². The Morgan fingerprint density at radius 1 is 1.50 bits per heavy atom. The van der Waals surface area contributed by atoms with Crippen LogP contribution in [0.2, 0.25) is 0 Å². The molecule has 0 nitrogen and oxygen atoms in total. The van der Waals surface area contributed by atoms with Gasteiger partial charge in [-0.2, -0.15) is 0 Å². The number of rotatable bonds is 0. The van der Waals surface area contributed by atoms with Crippen LogP contribution in [0.4, 0.5) is 0 Å². The Balaban J connectivity index is 3.60. The predicted molar refractivity (Wildman–Crippen MR) is 35.9 cm³/mol. The lowest BCUT2D eigenvalue weighted by atomic mass is 10.2. The summed E-state index contributed by atoms with van der Waals surface area (Å²) in [5.74, 6) is 0. The number of hydrogen-bond acceptors (Lipinski definition) is 0. The molecule has 42 valence electrons. The fraction of sp³-hybridized carbons (Fsp3) is 0.250. The third-order valence-electron chi connectivity index (χ3n) is 0.769. The zero-order valence-electron chi connectivity index (χ0n) is 10.6. The third kappa shape index (κ3) is 1.09. The summed E-state index contributed by atoms with van der Waals surface area (Å²) in [6, 6.07) is -0.950. The second-order valence-electron chi connectivity index (χ2n) is 1.54. The highest BCUT2D eigenvalue weighted by Gasteiger charge is 1.80. The van der Waals surface area contributed by atoms with Gasteiger partial charge in [0.1, 0.15) is 0 Å². The lowest BCUT2D eigenvalue weighted by molar-refractivity contribution is 1.39. The number of benzene rings is 1. The van der Waals surface area contributed by atoms with Crippen LogP contribution in [0, 0.1) is 13.8 Å². The van der Waals surface area contributed by atoms with Gasteiger partial charge >= 0.3 is 0 Å². The van der Waals surface area contributed by atoms with Gasteiger partial charge in [0.25, 0.3) is 0 Å². The Morgan fingerprint density at radius 3 is 3.00 bits per heavy atom. The predicted octanol–water partition coefficient (Wildman–Crippen LogP) is 2.30. The average molecular weight is 112 g/mol. The van der Waals surface area contributed by atoms with E-state index in [0.29, 0.717) is 0 Å². The van der Waals surface area contributed by atoms with Crippen molar-refractivity contribution in [3.8, 4) is 0 Å². The largest absolute Gasteiger partial charge is 0.0628 e. The van der Waals surface area contributed by atoms with Gasteiger partial charge in [0.05, 0.1) is 5.48 Å². The van der Waals surface area contributed by atoms with Crippen LogP contribution in [0.1, 0.15) is 19.4 Å². The average Bonchev–Trinajstić information content (AvgIpc) is 2.11. The summed E-state index contributed by atoms with van der Waals surface area (Å²) >= 11 is 0. The fourth-order valence-electron chi connectivity index (χ4n) is 0.457. The van der Waals surface area contributed by atoms with Gasteiger partial charge in [-0.1, -0.05) is 35.3 Å². The maximum Gasteiger partial charge on any atom is 0.0628 e. The zero-order chi connectivity index (χ0) is 11.0. The molecular formula is C8H10. The molecular weight excluding hydrogens is 96.1 g/mol. The van der Waals surface area contributed by atoms with Gasteiger partial charge in [-0.15, -0.1) is 0 Å². The standard InChI is InChI=1S/C8H10/c1-7-4-3-5-8(2)6-7/h3-6H,1-2H3/i1D2,3D,4D,5D,6D. The topological polar surface area (TPSA) is 0 Å². The second-order valence-corrected chi connectivity index (χ2v) is 1.54. The summed E-state index contributed by atoms with van der Waals surface area (Å²) in [6.45, 7) is 0.0481. The molecule has 0 radical (unpaired) electrons. The normalized spacial score (nSPS) is 20.2. The molecule has 8 heavy (non-hydrogen) atoms. The molecule has 0 heterocycles. The van der Waals surface area contributed by atoms with Crippen LogP contribution in [0.25, 0.3) is 0 Å². The van der Waals surface area contributed by atoms with E-state index in [1.807, 2.05) is 0 Å². The van der Waals surface area contributed by atoms with Crippen LogP contribution in [-0.4, -0.2) is 0 Å². The highest BCUT2D eigenvalue weighted by atomic mass is 13.9. The molecule has 0 N–H and O–H groups in total. The van der Waals surface area contributed by atoms with Crippen LogP contribution < -0.4 is 0 Å². The van der Waals surface area contributed by atoms with E-state index in [0.717, 1.165) is 0 Å². The van der Waals surface area contributed by atoms with Crippen LogP contribution >= 0.6 is 0 Å². The minimum absolute atomic E-state index is 0.0940. The molecule has 1 rings (SSSR count). The first-order chi connectivity index (χ1) is 6.37. The van der Waals surface area contributed by atoms with E-state index in [2.05, 4.69) is 0 Å². The van der Waals surface area contributed by atoms with E-state index in [1.54, 1.807) is 0 Å². The van der Waals surface area contributed by atoms with Crippen molar-refractivity contribution in [1.82, 2.24) is 0 Å². The summed E-state index contributed by atoms with van der Waals surface area (Å²) in [5.41, 5.74) is 0.161. The molecule has 1 aromatic carbocycles. The Hall–Kier alpha value is -0.780. The molecule has 0 aliphatic heterocycles. The summed E-state index contributed by atoms with van der Waals surface area (Å²) in [6.07, 6.45) is 0. The lowest BCUT2D eigenvalue weighted by Crippen LogP contribution is -1.71. The van der Waals surface area contributed by atoms with Crippen molar-refractivity contribution in [3.05, 3.63) is 35.3 Å². The lowest BCUT2D eigenvalue weighted by Gasteiger charge is -1.90. The molecule has 0 aliphatic carbocycles. The minimum Gasteiger partial charge on any atom is -0.0617 e. The summed E-state index contributed by atoms with van der Waals surface area (Å²) in [5, 5.41) is 0. The molecule has 0 saturated heterocycles. The van der Waals surface area contributed by atoms with Gasteiger partial charge in [-0.05, 0) is 13.8 Å². The van der Waals surface area contributed by atoms with Gasteiger partial charge in [-0.3, -0.25) is 0 Å². The smallest absolute Gasteiger partial charge is 0.0617 e. The molecule has 0 amide bonds. The quantitative estimate of drug-likeness (QED) is 0.483. The first-order valence-corrected chi connectivity index (χ1v) is 2.29. The number of hydrogen-bond donors (Lipinski definition) is 0. The van der Waals surface area contributed by atoms with Crippen molar-refractivity contribution in [2.45, 2.75) is 13.8 Å². The van der Waals surface area contributed by atoms with E-state index in [9.17, 15) is 0 Å². The summed E-state index contributed by atoms with van der Waals surface area (Å²) in [7, 11) is 0. The Labute approximate surface area is 58.6 Å². The summed E-state index contributed by atoms with van der Waals surface area (Å²) < 4.78 is 44.1. The van der Waals surface area contributed by atoms with Crippen molar-refractivity contribution in [2.75, 3.05) is 0 Å². The van der Waals surface area contributed by atoms with Crippen molar-refractivity contribution in [2.24, 2.45) is 0 Å².